The van der Waals surface area contributed by atoms with E-state index >= 15 is 0 Å². The van der Waals surface area contributed by atoms with Crippen molar-refractivity contribution in [3.05, 3.63) is 18.6 Å². The van der Waals surface area contributed by atoms with Crippen LogP contribution in [0.5, 0.6) is 0 Å². The van der Waals surface area contributed by atoms with E-state index in [9.17, 15) is 0 Å². The van der Waals surface area contributed by atoms with Crippen LogP contribution < -0.4 is 10.2 Å². The molecule has 0 amide bonds. The fourth-order valence-corrected chi connectivity index (χ4v) is 2.46. The van der Waals surface area contributed by atoms with E-state index in [0.717, 1.165) is 43.1 Å². The zero-order valence-electron chi connectivity index (χ0n) is 11.3. The molecule has 102 valence electrons. The van der Waals surface area contributed by atoms with Crippen molar-refractivity contribution in [2.24, 2.45) is 7.05 Å². The molecule has 0 spiro atoms. The number of nitrogens with zero attached hydrogens (tertiary/aromatic N) is 4. The summed E-state index contributed by atoms with van der Waals surface area (Å²) < 4.78 is 7.74. The van der Waals surface area contributed by atoms with Gasteiger partial charge in [-0.3, -0.25) is 0 Å². The Morgan fingerprint density at radius 2 is 2.42 bits per heavy atom. The highest BCUT2D eigenvalue weighted by atomic mass is 16.5. The average molecular weight is 261 g/mol. The topological polar surface area (TPSA) is 55.2 Å². The second-order valence-corrected chi connectivity index (χ2v) is 4.94. The van der Waals surface area contributed by atoms with Crippen molar-refractivity contribution in [3.63, 3.8) is 0 Å². The molecule has 0 bridgehead atoms. The minimum absolute atomic E-state index is 0.208. The molecule has 19 heavy (non-hydrogen) atoms. The smallest absolute Gasteiger partial charge is 0.156 e. The lowest BCUT2D eigenvalue weighted by Crippen LogP contribution is -2.44. The van der Waals surface area contributed by atoms with E-state index in [1.165, 1.54) is 0 Å². The van der Waals surface area contributed by atoms with Crippen LogP contribution in [0.3, 0.4) is 0 Å². The van der Waals surface area contributed by atoms with Crippen LogP contribution in [-0.4, -0.2) is 53.9 Å². The van der Waals surface area contributed by atoms with Gasteiger partial charge in [0.2, 0.25) is 0 Å². The maximum absolute atomic E-state index is 5.73. The SMILES string of the molecule is CN(CC1CNCCO1)c1nccc2c1ncn2C. The van der Waals surface area contributed by atoms with Crippen molar-refractivity contribution in [1.29, 1.82) is 0 Å². The van der Waals surface area contributed by atoms with E-state index in [0.29, 0.717) is 0 Å². The van der Waals surface area contributed by atoms with E-state index < -0.39 is 0 Å². The Labute approximate surface area is 112 Å². The van der Waals surface area contributed by atoms with Gasteiger partial charge >= 0.3 is 0 Å². The number of rotatable bonds is 3. The fraction of sp³-hybridized carbons (Fsp3) is 0.538. The quantitative estimate of drug-likeness (QED) is 0.866. The maximum Gasteiger partial charge on any atom is 0.156 e. The number of imidazole rings is 1. The van der Waals surface area contributed by atoms with Crippen molar-refractivity contribution in [1.82, 2.24) is 19.9 Å². The lowest BCUT2D eigenvalue weighted by atomic mass is 10.2. The third kappa shape index (κ3) is 2.41. The van der Waals surface area contributed by atoms with E-state index in [1.807, 2.05) is 37.3 Å². The molecule has 3 rings (SSSR count). The molecule has 0 saturated carbocycles. The van der Waals surface area contributed by atoms with Gasteiger partial charge in [0, 0.05) is 39.9 Å². The molecule has 1 atom stereocenters. The number of morpholine rings is 1. The van der Waals surface area contributed by atoms with Gasteiger partial charge in [0.25, 0.3) is 0 Å². The molecule has 6 nitrogen and oxygen atoms in total. The first-order valence-electron chi connectivity index (χ1n) is 6.55. The Kier molecular flexibility index (Phi) is 3.35. The first kappa shape index (κ1) is 12.4. The molecule has 6 heteroatoms. The van der Waals surface area contributed by atoms with Gasteiger partial charge in [0.15, 0.2) is 5.82 Å². The van der Waals surface area contributed by atoms with Crippen LogP contribution >= 0.6 is 0 Å². The highest BCUT2D eigenvalue weighted by Crippen LogP contribution is 2.21. The van der Waals surface area contributed by atoms with E-state index in [-0.39, 0.29) is 6.10 Å². The molecular formula is C13H19N5O. The summed E-state index contributed by atoms with van der Waals surface area (Å²) in [5, 5.41) is 3.34. The predicted octanol–water partition coefficient (Wildman–Crippen LogP) is 0.393. The minimum Gasteiger partial charge on any atom is -0.374 e. The number of ether oxygens (including phenoxy) is 1. The predicted molar refractivity (Wildman–Crippen MR) is 74.4 cm³/mol. The lowest BCUT2D eigenvalue weighted by molar-refractivity contribution is 0.0339. The highest BCUT2D eigenvalue weighted by Gasteiger charge is 2.18. The molecular weight excluding hydrogens is 242 g/mol. The van der Waals surface area contributed by atoms with Crippen molar-refractivity contribution in [2.45, 2.75) is 6.10 Å². The van der Waals surface area contributed by atoms with Crippen molar-refractivity contribution < 1.29 is 4.74 Å². The Hall–Kier alpha value is -1.66. The van der Waals surface area contributed by atoms with Gasteiger partial charge in [0.05, 0.1) is 24.6 Å². The van der Waals surface area contributed by atoms with Crippen LogP contribution in [0, 0.1) is 0 Å². The largest absolute Gasteiger partial charge is 0.374 e. The summed E-state index contributed by atoms with van der Waals surface area (Å²) in [6.07, 6.45) is 3.86. The van der Waals surface area contributed by atoms with Gasteiger partial charge in [-0.1, -0.05) is 0 Å². The molecule has 0 aliphatic carbocycles. The van der Waals surface area contributed by atoms with Gasteiger partial charge in [-0.25, -0.2) is 9.97 Å². The van der Waals surface area contributed by atoms with Gasteiger partial charge in [-0.05, 0) is 6.07 Å². The average Bonchev–Trinajstić information content (AvgIpc) is 2.82. The molecule has 3 heterocycles. The Morgan fingerprint density at radius 3 is 3.21 bits per heavy atom. The maximum atomic E-state index is 5.73. The number of nitrogens with one attached hydrogen (secondary N) is 1. The number of aryl methyl sites for hydroxylation is 1. The molecule has 1 aliphatic rings. The van der Waals surface area contributed by atoms with Gasteiger partial charge in [-0.2, -0.15) is 0 Å². The van der Waals surface area contributed by atoms with Crippen molar-refractivity contribution >= 4 is 16.9 Å². The Balaban J connectivity index is 1.82. The molecule has 2 aromatic rings. The van der Waals surface area contributed by atoms with Crippen LogP contribution in [0.1, 0.15) is 0 Å². The monoisotopic (exact) mass is 261 g/mol. The van der Waals surface area contributed by atoms with E-state index in [4.69, 9.17) is 4.74 Å². The van der Waals surface area contributed by atoms with E-state index in [2.05, 4.69) is 20.2 Å². The first-order valence-corrected chi connectivity index (χ1v) is 6.55. The lowest BCUT2D eigenvalue weighted by Gasteiger charge is -2.28. The standard InChI is InChI=1S/C13H19N5O/c1-17(8-10-7-14-5-6-19-10)13-12-11(3-4-15-13)18(2)9-16-12/h3-4,9-10,14H,5-8H2,1-2H3. The summed E-state index contributed by atoms with van der Waals surface area (Å²) in [5.74, 6) is 0.910. The van der Waals surface area contributed by atoms with Gasteiger partial charge in [0.1, 0.15) is 5.52 Å². The third-order valence-electron chi connectivity index (χ3n) is 3.47. The summed E-state index contributed by atoms with van der Waals surface area (Å²) in [6.45, 7) is 3.42. The number of anilines is 1. The molecule has 2 aromatic heterocycles. The molecule has 1 saturated heterocycles. The fourth-order valence-electron chi connectivity index (χ4n) is 2.46. The molecule has 0 aromatic carbocycles. The van der Waals surface area contributed by atoms with Crippen LogP contribution in [0.4, 0.5) is 5.82 Å². The molecule has 1 unspecified atom stereocenters. The molecule has 1 aliphatic heterocycles. The van der Waals surface area contributed by atoms with Crippen molar-refractivity contribution in [2.75, 3.05) is 38.2 Å². The zero-order valence-corrected chi connectivity index (χ0v) is 11.3. The van der Waals surface area contributed by atoms with Crippen LogP contribution in [-0.2, 0) is 11.8 Å². The summed E-state index contributed by atoms with van der Waals surface area (Å²) in [4.78, 5) is 11.0. The first-order chi connectivity index (χ1) is 9.25. The van der Waals surface area contributed by atoms with Gasteiger partial charge < -0.3 is 19.5 Å². The number of aromatic nitrogens is 3. The number of pyridine rings is 1. The molecule has 0 radical (unpaired) electrons. The number of hydrogen-bond donors (Lipinski definition) is 1. The van der Waals surface area contributed by atoms with E-state index in [1.54, 1.807) is 0 Å². The van der Waals surface area contributed by atoms with Gasteiger partial charge in [-0.15, -0.1) is 0 Å². The third-order valence-corrected chi connectivity index (χ3v) is 3.47. The summed E-state index contributed by atoms with van der Waals surface area (Å²) in [6, 6.07) is 1.98. The summed E-state index contributed by atoms with van der Waals surface area (Å²) in [5.41, 5.74) is 2.04. The number of fused-ring (bicyclic) bond motifs is 1. The molecule has 1 fully saturated rings. The van der Waals surface area contributed by atoms with Crippen molar-refractivity contribution in [3.8, 4) is 0 Å². The van der Waals surface area contributed by atoms with Crippen LogP contribution in [0.2, 0.25) is 0 Å². The summed E-state index contributed by atoms with van der Waals surface area (Å²) >= 11 is 0. The second kappa shape index (κ2) is 5.14. The van der Waals surface area contributed by atoms with Crippen LogP contribution in [0.15, 0.2) is 18.6 Å². The Bertz CT molecular complexity index is 561. The van der Waals surface area contributed by atoms with Crippen LogP contribution in [0.25, 0.3) is 11.0 Å². The second-order valence-electron chi connectivity index (χ2n) is 4.94. The number of likely N-dealkylation sites (N-methyl/N-ethyl adjacent to an activating group) is 1. The molecule has 1 N–H and O–H groups in total. The highest BCUT2D eigenvalue weighted by molar-refractivity contribution is 5.86. The number of hydrogen-bond acceptors (Lipinski definition) is 5. The minimum atomic E-state index is 0.208. The summed E-state index contributed by atoms with van der Waals surface area (Å²) in [7, 11) is 4.03. The normalized spacial score (nSPS) is 19.8. The zero-order chi connectivity index (χ0) is 13.2. The Morgan fingerprint density at radius 1 is 1.53 bits per heavy atom.